The molecule has 176 valence electrons. The quantitative estimate of drug-likeness (QED) is 0.648. The van der Waals surface area contributed by atoms with Gasteiger partial charge in [-0.1, -0.05) is 17.7 Å². The molecule has 1 atom stereocenters. The molecule has 0 aliphatic carbocycles. The minimum atomic E-state index is -3.44. The van der Waals surface area contributed by atoms with Crippen LogP contribution in [-0.4, -0.2) is 62.2 Å². The molecule has 7 nitrogen and oxygen atoms in total. The van der Waals surface area contributed by atoms with Gasteiger partial charge in [0.2, 0.25) is 0 Å². The van der Waals surface area contributed by atoms with Crippen molar-refractivity contribution in [3.05, 3.63) is 28.8 Å². The molecule has 3 N–H and O–H groups in total. The standard InChI is InChI=1S/C11H22N2O2.C10H10ClF2NO2/c1-11(2,3)15-10(14)12-9-5-7-13(4)8-6-9;1-16-8-4-6(2-3-7(8)11)10(12,13)9(14)5-15/h9H,5-8H2,1-4H3,(H,12,14);2-5,9H,14H2,1H3. The Balaban J connectivity index is 0.000000311. The average Bonchev–Trinajstić information content (AvgIpc) is 2.68. The van der Waals surface area contributed by atoms with E-state index < -0.39 is 23.1 Å². The summed E-state index contributed by atoms with van der Waals surface area (Å²) >= 11 is 5.69. The highest BCUT2D eigenvalue weighted by atomic mass is 35.5. The molecular weight excluding hydrogens is 432 g/mol. The first-order valence-corrected chi connectivity index (χ1v) is 10.3. The molecule has 1 aromatic carbocycles. The van der Waals surface area contributed by atoms with Crippen LogP contribution in [0.25, 0.3) is 0 Å². The van der Waals surface area contributed by atoms with Crippen LogP contribution in [-0.2, 0) is 15.5 Å². The van der Waals surface area contributed by atoms with Crippen molar-refractivity contribution < 1.29 is 27.8 Å². The first-order chi connectivity index (χ1) is 14.3. The van der Waals surface area contributed by atoms with Crippen molar-refractivity contribution in [3.63, 3.8) is 0 Å². The minimum absolute atomic E-state index is 0.00107. The van der Waals surface area contributed by atoms with Gasteiger partial charge in [-0.25, -0.2) is 4.79 Å². The Hall–Kier alpha value is -1.97. The number of likely N-dealkylation sites (tertiary alicyclic amines) is 1. The lowest BCUT2D eigenvalue weighted by Gasteiger charge is -2.30. The summed E-state index contributed by atoms with van der Waals surface area (Å²) in [6.45, 7) is 7.71. The zero-order valence-electron chi connectivity index (χ0n) is 18.6. The van der Waals surface area contributed by atoms with Gasteiger partial charge in [-0.2, -0.15) is 8.78 Å². The van der Waals surface area contributed by atoms with Crippen molar-refractivity contribution in [1.29, 1.82) is 0 Å². The van der Waals surface area contributed by atoms with Crippen LogP contribution in [0.4, 0.5) is 13.6 Å². The van der Waals surface area contributed by atoms with Crippen molar-refractivity contribution >= 4 is 24.0 Å². The van der Waals surface area contributed by atoms with Gasteiger partial charge in [0.25, 0.3) is 5.92 Å². The van der Waals surface area contributed by atoms with E-state index in [2.05, 4.69) is 17.3 Å². The normalized spacial score (nSPS) is 16.5. The maximum atomic E-state index is 13.5. The number of nitrogens with one attached hydrogen (secondary N) is 1. The van der Waals surface area contributed by atoms with E-state index in [0.717, 1.165) is 38.1 Å². The van der Waals surface area contributed by atoms with Crippen molar-refractivity contribution in [2.75, 3.05) is 27.2 Å². The summed E-state index contributed by atoms with van der Waals surface area (Å²) in [5.41, 5.74) is 4.20. The van der Waals surface area contributed by atoms with Gasteiger partial charge in [0.1, 0.15) is 23.7 Å². The summed E-state index contributed by atoms with van der Waals surface area (Å²) in [4.78, 5) is 24.0. The molecule has 1 heterocycles. The van der Waals surface area contributed by atoms with Crippen LogP contribution in [0.5, 0.6) is 5.75 Å². The van der Waals surface area contributed by atoms with E-state index in [0.29, 0.717) is 0 Å². The van der Waals surface area contributed by atoms with Gasteiger partial charge in [-0.05, 0) is 65.9 Å². The van der Waals surface area contributed by atoms with E-state index in [9.17, 15) is 18.4 Å². The van der Waals surface area contributed by atoms with E-state index in [1.165, 1.54) is 13.2 Å². The van der Waals surface area contributed by atoms with Crippen molar-refractivity contribution in [3.8, 4) is 5.75 Å². The third-order valence-corrected chi connectivity index (χ3v) is 4.85. The lowest BCUT2D eigenvalue weighted by Crippen LogP contribution is -2.45. The number of benzene rings is 1. The number of hydrogen-bond donors (Lipinski definition) is 2. The summed E-state index contributed by atoms with van der Waals surface area (Å²) < 4.78 is 37.1. The Labute approximate surface area is 187 Å². The summed E-state index contributed by atoms with van der Waals surface area (Å²) in [5, 5.41) is 3.12. The maximum Gasteiger partial charge on any atom is 0.407 e. The van der Waals surface area contributed by atoms with Gasteiger partial charge in [0.15, 0.2) is 0 Å². The SMILES string of the molecule is CN1CCC(NC(=O)OC(C)(C)C)CC1.COc1cc(C(F)(F)C(N)C=O)ccc1Cl. The average molecular weight is 464 g/mol. The third kappa shape index (κ3) is 8.96. The van der Waals surface area contributed by atoms with E-state index >= 15 is 0 Å². The molecule has 1 saturated heterocycles. The number of aldehydes is 1. The van der Waals surface area contributed by atoms with Crippen LogP contribution in [0.15, 0.2) is 18.2 Å². The summed E-state index contributed by atoms with van der Waals surface area (Å²) in [6.07, 6.45) is 1.73. The van der Waals surface area contributed by atoms with Gasteiger partial charge in [-0.15, -0.1) is 0 Å². The molecule has 1 fully saturated rings. The topological polar surface area (TPSA) is 93.9 Å². The molecule has 1 unspecified atom stereocenters. The van der Waals surface area contributed by atoms with E-state index in [1.807, 2.05) is 20.8 Å². The summed E-state index contributed by atoms with van der Waals surface area (Å²) in [7, 11) is 3.41. The van der Waals surface area contributed by atoms with Crippen LogP contribution in [0, 0.1) is 0 Å². The smallest absolute Gasteiger partial charge is 0.407 e. The first kappa shape index (κ1) is 27.1. The van der Waals surface area contributed by atoms with Crippen LogP contribution in [0.1, 0.15) is 39.2 Å². The molecule has 10 heteroatoms. The number of piperidine rings is 1. The lowest BCUT2D eigenvalue weighted by molar-refractivity contribution is -0.118. The Bertz CT molecular complexity index is 736. The van der Waals surface area contributed by atoms with Crippen LogP contribution >= 0.6 is 11.6 Å². The van der Waals surface area contributed by atoms with Crippen molar-refractivity contribution in [1.82, 2.24) is 10.2 Å². The fourth-order valence-electron chi connectivity index (χ4n) is 2.77. The highest BCUT2D eigenvalue weighted by molar-refractivity contribution is 6.32. The molecule has 0 spiro atoms. The number of carbonyl (C=O) groups excluding carboxylic acids is 2. The summed E-state index contributed by atoms with van der Waals surface area (Å²) in [5.74, 6) is -3.34. The fourth-order valence-corrected chi connectivity index (χ4v) is 2.97. The second-order valence-corrected chi connectivity index (χ2v) is 8.77. The minimum Gasteiger partial charge on any atom is -0.495 e. The molecule has 0 radical (unpaired) electrons. The van der Waals surface area contributed by atoms with Gasteiger partial charge < -0.3 is 30.2 Å². The molecule has 1 amide bonds. The van der Waals surface area contributed by atoms with Crippen molar-refractivity contribution in [2.24, 2.45) is 5.73 Å². The molecule has 31 heavy (non-hydrogen) atoms. The van der Waals surface area contributed by atoms with E-state index in [4.69, 9.17) is 26.8 Å². The molecule has 0 bridgehead atoms. The van der Waals surface area contributed by atoms with Gasteiger partial charge >= 0.3 is 6.09 Å². The molecular formula is C21H32ClF2N3O4. The number of hydrogen-bond acceptors (Lipinski definition) is 6. The van der Waals surface area contributed by atoms with Gasteiger partial charge in [-0.3, -0.25) is 0 Å². The summed E-state index contributed by atoms with van der Waals surface area (Å²) in [6, 6.07) is 1.82. The highest BCUT2D eigenvalue weighted by Crippen LogP contribution is 2.35. The molecule has 1 aromatic rings. The largest absolute Gasteiger partial charge is 0.495 e. The number of nitrogens with zero attached hydrogens (tertiary/aromatic N) is 1. The van der Waals surface area contributed by atoms with E-state index in [-0.39, 0.29) is 29.2 Å². The number of methoxy groups -OCH3 is 1. The lowest BCUT2D eigenvalue weighted by atomic mass is 10.0. The second-order valence-electron chi connectivity index (χ2n) is 8.36. The first-order valence-electron chi connectivity index (χ1n) is 9.91. The number of alkyl carbamates (subject to hydrolysis) is 1. The molecule has 1 aliphatic rings. The van der Waals surface area contributed by atoms with Crippen LogP contribution < -0.4 is 15.8 Å². The number of ether oxygens (including phenoxy) is 2. The Morgan fingerprint density at radius 2 is 1.90 bits per heavy atom. The fraction of sp³-hybridized carbons (Fsp3) is 0.619. The zero-order chi connectivity index (χ0) is 23.8. The van der Waals surface area contributed by atoms with Gasteiger partial charge in [0.05, 0.1) is 12.1 Å². The monoisotopic (exact) mass is 463 g/mol. The predicted octanol–water partition coefficient (Wildman–Crippen LogP) is 3.57. The zero-order valence-corrected chi connectivity index (χ0v) is 19.3. The number of rotatable bonds is 5. The maximum absolute atomic E-state index is 13.5. The van der Waals surface area contributed by atoms with E-state index in [1.54, 1.807) is 0 Å². The molecule has 1 aliphatic heterocycles. The Morgan fingerprint density at radius 1 is 1.32 bits per heavy atom. The number of halogens is 3. The van der Waals surface area contributed by atoms with Crippen molar-refractivity contribution in [2.45, 2.75) is 57.2 Å². The second kappa shape index (κ2) is 11.6. The Morgan fingerprint density at radius 3 is 2.39 bits per heavy atom. The number of nitrogens with two attached hydrogens (primary N) is 1. The Kier molecular flexibility index (Phi) is 10.1. The van der Waals surface area contributed by atoms with Gasteiger partial charge in [0, 0.05) is 11.6 Å². The predicted molar refractivity (Wildman–Crippen MR) is 116 cm³/mol. The molecule has 2 rings (SSSR count). The highest BCUT2D eigenvalue weighted by Gasteiger charge is 2.39. The molecule has 0 saturated carbocycles. The number of amides is 1. The third-order valence-electron chi connectivity index (χ3n) is 4.54. The number of alkyl halides is 2. The molecule has 0 aromatic heterocycles. The van der Waals surface area contributed by atoms with Crippen LogP contribution in [0.2, 0.25) is 5.02 Å². The number of carbonyl (C=O) groups is 2. The van der Waals surface area contributed by atoms with Crippen LogP contribution in [0.3, 0.4) is 0 Å².